The van der Waals surface area contributed by atoms with Crippen LogP contribution in [0.4, 0.5) is 0 Å². The van der Waals surface area contributed by atoms with Crippen molar-refractivity contribution in [1.29, 1.82) is 0 Å². The summed E-state index contributed by atoms with van der Waals surface area (Å²) in [5.74, 6) is 1.26. The molecular formula is C12H15N3O. The fourth-order valence-corrected chi connectivity index (χ4v) is 1.48. The summed E-state index contributed by atoms with van der Waals surface area (Å²) in [6.07, 6.45) is 1.01. The molecular weight excluding hydrogens is 202 g/mol. The Hall–Kier alpha value is -1.68. The van der Waals surface area contributed by atoms with Gasteiger partial charge in [-0.1, -0.05) is 30.3 Å². The number of nitrogens with one attached hydrogen (secondary N) is 1. The monoisotopic (exact) mass is 217 g/mol. The molecule has 0 aliphatic rings. The Labute approximate surface area is 94.7 Å². The van der Waals surface area contributed by atoms with Crippen molar-refractivity contribution in [3.63, 3.8) is 0 Å². The van der Waals surface area contributed by atoms with Crippen LogP contribution in [0, 0.1) is 6.92 Å². The number of hydrogen-bond acceptors (Lipinski definition) is 4. The van der Waals surface area contributed by atoms with E-state index in [2.05, 4.69) is 39.8 Å². The molecule has 0 saturated heterocycles. The van der Waals surface area contributed by atoms with Crippen LogP contribution in [0.5, 0.6) is 0 Å². The van der Waals surface area contributed by atoms with Crippen LogP contribution in [0.15, 0.2) is 34.7 Å². The topological polar surface area (TPSA) is 51.0 Å². The molecule has 0 amide bonds. The van der Waals surface area contributed by atoms with Gasteiger partial charge in [0.2, 0.25) is 11.8 Å². The van der Waals surface area contributed by atoms with Crippen molar-refractivity contribution in [2.24, 2.45) is 0 Å². The van der Waals surface area contributed by atoms with E-state index in [0.29, 0.717) is 18.3 Å². The summed E-state index contributed by atoms with van der Waals surface area (Å²) in [7, 11) is 0. The lowest BCUT2D eigenvalue weighted by molar-refractivity contribution is 0.448. The van der Waals surface area contributed by atoms with Crippen LogP contribution in [0.2, 0.25) is 0 Å². The Balaban J connectivity index is 1.69. The number of aryl methyl sites for hydroxylation is 1. The van der Waals surface area contributed by atoms with Crippen molar-refractivity contribution in [1.82, 2.24) is 15.5 Å². The maximum absolute atomic E-state index is 5.25. The van der Waals surface area contributed by atoms with Crippen molar-refractivity contribution in [2.75, 3.05) is 6.54 Å². The molecule has 0 spiro atoms. The van der Waals surface area contributed by atoms with Crippen LogP contribution in [-0.2, 0) is 13.0 Å². The van der Waals surface area contributed by atoms with E-state index in [-0.39, 0.29) is 0 Å². The van der Waals surface area contributed by atoms with Gasteiger partial charge in [0.25, 0.3) is 0 Å². The second-order valence-electron chi connectivity index (χ2n) is 3.63. The third kappa shape index (κ3) is 3.17. The first kappa shape index (κ1) is 10.8. The van der Waals surface area contributed by atoms with Gasteiger partial charge in [-0.25, -0.2) is 0 Å². The second kappa shape index (κ2) is 5.42. The molecule has 0 aliphatic heterocycles. The van der Waals surface area contributed by atoms with Crippen molar-refractivity contribution in [3.05, 3.63) is 47.7 Å². The molecule has 1 aromatic carbocycles. The van der Waals surface area contributed by atoms with Crippen LogP contribution in [0.25, 0.3) is 0 Å². The number of rotatable bonds is 5. The summed E-state index contributed by atoms with van der Waals surface area (Å²) >= 11 is 0. The Morgan fingerprint density at radius 1 is 1.19 bits per heavy atom. The van der Waals surface area contributed by atoms with Gasteiger partial charge in [-0.2, -0.15) is 0 Å². The zero-order valence-corrected chi connectivity index (χ0v) is 9.31. The molecule has 0 radical (unpaired) electrons. The van der Waals surface area contributed by atoms with Gasteiger partial charge < -0.3 is 9.73 Å². The molecule has 1 N–H and O–H groups in total. The van der Waals surface area contributed by atoms with Gasteiger partial charge >= 0.3 is 0 Å². The highest BCUT2D eigenvalue weighted by atomic mass is 16.4. The van der Waals surface area contributed by atoms with E-state index in [4.69, 9.17) is 4.42 Å². The lowest BCUT2D eigenvalue weighted by Gasteiger charge is -2.01. The summed E-state index contributed by atoms with van der Waals surface area (Å²) in [6.45, 7) is 3.33. The molecule has 84 valence electrons. The summed E-state index contributed by atoms with van der Waals surface area (Å²) in [5.41, 5.74) is 1.33. The predicted octanol–water partition coefficient (Wildman–Crippen LogP) is 1.71. The Bertz CT molecular complexity index is 425. The SMILES string of the molecule is Cc1nnc(CNCCc2ccccc2)o1. The zero-order valence-electron chi connectivity index (χ0n) is 9.31. The molecule has 16 heavy (non-hydrogen) atoms. The van der Waals surface area contributed by atoms with Gasteiger partial charge in [0.15, 0.2) is 0 Å². The van der Waals surface area contributed by atoms with Gasteiger partial charge in [-0.05, 0) is 18.5 Å². The zero-order chi connectivity index (χ0) is 11.2. The minimum absolute atomic E-state index is 0.611. The summed E-state index contributed by atoms with van der Waals surface area (Å²) in [4.78, 5) is 0. The molecule has 1 heterocycles. The van der Waals surface area contributed by atoms with Crippen molar-refractivity contribution < 1.29 is 4.42 Å². The second-order valence-corrected chi connectivity index (χ2v) is 3.63. The molecule has 1 aromatic heterocycles. The average molecular weight is 217 g/mol. The maximum atomic E-state index is 5.25. The number of nitrogens with zero attached hydrogens (tertiary/aromatic N) is 2. The number of benzene rings is 1. The van der Waals surface area contributed by atoms with Gasteiger partial charge in [-0.3, -0.25) is 0 Å². The van der Waals surface area contributed by atoms with Gasteiger partial charge in [0.05, 0.1) is 6.54 Å². The first-order chi connectivity index (χ1) is 7.84. The highest BCUT2D eigenvalue weighted by Crippen LogP contribution is 1.99. The predicted molar refractivity (Wildman–Crippen MR) is 60.9 cm³/mol. The minimum atomic E-state index is 0.611. The van der Waals surface area contributed by atoms with E-state index in [1.807, 2.05) is 6.07 Å². The first-order valence-corrected chi connectivity index (χ1v) is 5.38. The first-order valence-electron chi connectivity index (χ1n) is 5.38. The highest BCUT2D eigenvalue weighted by Gasteiger charge is 2.00. The average Bonchev–Trinajstić information content (AvgIpc) is 2.72. The summed E-state index contributed by atoms with van der Waals surface area (Å²) < 4.78 is 5.25. The van der Waals surface area contributed by atoms with Crippen LogP contribution >= 0.6 is 0 Å². The lowest BCUT2D eigenvalue weighted by atomic mass is 10.1. The van der Waals surface area contributed by atoms with E-state index in [9.17, 15) is 0 Å². The highest BCUT2D eigenvalue weighted by molar-refractivity contribution is 5.14. The van der Waals surface area contributed by atoms with E-state index < -0.39 is 0 Å². The molecule has 0 aliphatic carbocycles. The van der Waals surface area contributed by atoms with Gasteiger partial charge in [-0.15, -0.1) is 10.2 Å². The quantitative estimate of drug-likeness (QED) is 0.775. The molecule has 2 rings (SSSR count). The number of hydrogen-bond donors (Lipinski definition) is 1. The van der Waals surface area contributed by atoms with Gasteiger partial charge in [0.1, 0.15) is 0 Å². The number of aromatic nitrogens is 2. The van der Waals surface area contributed by atoms with E-state index >= 15 is 0 Å². The van der Waals surface area contributed by atoms with Crippen LogP contribution < -0.4 is 5.32 Å². The van der Waals surface area contributed by atoms with Crippen molar-refractivity contribution in [3.8, 4) is 0 Å². The smallest absolute Gasteiger partial charge is 0.230 e. The fourth-order valence-electron chi connectivity index (χ4n) is 1.48. The van der Waals surface area contributed by atoms with E-state index in [1.165, 1.54) is 5.56 Å². The van der Waals surface area contributed by atoms with Crippen LogP contribution in [-0.4, -0.2) is 16.7 Å². The molecule has 4 heteroatoms. The fraction of sp³-hybridized carbons (Fsp3) is 0.333. The lowest BCUT2D eigenvalue weighted by Crippen LogP contribution is -2.16. The third-order valence-electron chi connectivity index (χ3n) is 2.28. The van der Waals surface area contributed by atoms with Crippen LogP contribution in [0.3, 0.4) is 0 Å². The van der Waals surface area contributed by atoms with Crippen molar-refractivity contribution >= 4 is 0 Å². The molecule has 0 atom stereocenters. The van der Waals surface area contributed by atoms with Gasteiger partial charge in [0, 0.05) is 6.92 Å². The molecule has 4 nitrogen and oxygen atoms in total. The largest absolute Gasteiger partial charge is 0.424 e. The standard InChI is InChI=1S/C12H15N3O/c1-10-14-15-12(16-10)9-13-8-7-11-5-3-2-4-6-11/h2-6,13H,7-9H2,1H3. The summed E-state index contributed by atoms with van der Waals surface area (Å²) in [6, 6.07) is 10.4. The summed E-state index contributed by atoms with van der Waals surface area (Å²) in [5, 5.41) is 10.9. The van der Waals surface area contributed by atoms with Crippen LogP contribution in [0.1, 0.15) is 17.3 Å². The third-order valence-corrected chi connectivity index (χ3v) is 2.28. The molecule has 0 fully saturated rings. The molecule has 0 unspecified atom stereocenters. The Morgan fingerprint density at radius 3 is 2.69 bits per heavy atom. The van der Waals surface area contributed by atoms with E-state index in [1.54, 1.807) is 6.92 Å². The Kier molecular flexibility index (Phi) is 3.66. The minimum Gasteiger partial charge on any atom is -0.424 e. The van der Waals surface area contributed by atoms with Crippen molar-refractivity contribution in [2.45, 2.75) is 19.9 Å². The molecule has 0 saturated carbocycles. The Morgan fingerprint density at radius 2 is 2.00 bits per heavy atom. The maximum Gasteiger partial charge on any atom is 0.230 e. The molecule has 2 aromatic rings. The molecule has 0 bridgehead atoms. The van der Waals surface area contributed by atoms with E-state index in [0.717, 1.165) is 13.0 Å². The normalized spacial score (nSPS) is 10.6.